The molecule has 33 heavy (non-hydrogen) atoms. The predicted octanol–water partition coefficient (Wildman–Crippen LogP) is 2.13. The number of hydrogen-bond donors (Lipinski definition) is 0. The molecule has 0 radical (unpaired) electrons. The van der Waals surface area contributed by atoms with Gasteiger partial charge in [0.25, 0.3) is 5.56 Å². The molecule has 1 saturated heterocycles. The van der Waals surface area contributed by atoms with Crippen molar-refractivity contribution < 1.29 is 9.53 Å². The minimum absolute atomic E-state index is 0.261. The number of halogens is 1. The van der Waals surface area contributed by atoms with Gasteiger partial charge >= 0.3 is 11.8 Å². The second-order valence-corrected chi connectivity index (χ2v) is 9.44. The summed E-state index contributed by atoms with van der Waals surface area (Å²) >= 11 is 6.50. The monoisotopic (exact) mass is 474 g/mol. The topological polar surface area (TPSA) is 94.6 Å². The Balaban J connectivity index is 1.80. The molecule has 0 bridgehead atoms. The average molecular weight is 475 g/mol. The highest BCUT2D eigenvalue weighted by Gasteiger charge is 2.30. The molecule has 0 spiro atoms. The van der Waals surface area contributed by atoms with E-state index >= 15 is 0 Å². The summed E-state index contributed by atoms with van der Waals surface area (Å²) in [5.74, 6) is 0.486. The van der Waals surface area contributed by atoms with Crippen LogP contribution in [0, 0.1) is 0 Å². The first-order valence-corrected chi connectivity index (χ1v) is 11.0. The summed E-state index contributed by atoms with van der Waals surface area (Å²) in [5, 5.41) is 0.446. The molecule has 0 aliphatic carbocycles. The molecule has 11 heteroatoms. The van der Waals surface area contributed by atoms with E-state index in [1.807, 2.05) is 31.7 Å². The number of rotatable bonds is 2. The minimum Gasteiger partial charge on any atom is -0.444 e. The highest BCUT2D eigenvalue weighted by Crippen LogP contribution is 2.29. The van der Waals surface area contributed by atoms with Crippen molar-refractivity contribution in [3.63, 3.8) is 0 Å². The predicted molar refractivity (Wildman–Crippen MR) is 127 cm³/mol. The number of para-hydroxylation sites is 1. The first-order valence-electron chi connectivity index (χ1n) is 10.7. The van der Waals surface area contributed by atoms with Crippen LogP contribution >= 0.6 is 11.6 Å². The lowest BCUT2D eigenvalue weighted by Crippen LogP contribution is -2.50. The van der Waals surface area contributed by atoms with E-state index in [-0.39, 0.29) is 17.3 Å². The molecule has 1 amide bonds. The van der Waals surface area contributed by atoms with Gasteiger partial charge in [-0.05, 0) is 32.9 Å². The van der Waals surface area contributed by atoms with Crippen LogP contribution in [0.5, 0.6) is 0 Å². The summed E-state index contributed by atoms with van der Waals surface area (Å²) in [5.41, 5.74) is -0.375. The van der Waals surface area contributed by atoms with E-state index in [1.54, 1.807) is 34.7 Å². The number of anilines is 1. The van der Waals surface area contributed by atoms with Gasteiger partial charge in [0.05, 0.1) is 10.7 Å². The normalized spacial score (nSPS) is 14.7. The van der Waals surface area contributed by atoms with Crippen LogP contribution < -0.4 is 16.1 Å². The van der Waals surface area contributed by atoms with E-state index in [0.29, 0.717) is 42.8 Å². The van der Waals surface area contributed by atoms with E-state index in [2.05, 4.69) is 0 Å². The van der Waals surface area contributed by atoms with Gasteiger partial charge in [0, 0.05) is 40.3 Å². The molecule has 1 fully saturated rings. The van der Waals surface area contributed by atoms with Crippen molar-refractivity contribution in [1.29, 1.82) is 0 Å². The van der Waals surface area contributed by atoms with Crippen molar-refractivity contribution in [3.05, 3.63) is 50.1 Å². The van der Waals surface area contributed by atoms with Gasteiger partial charge in [-0.1, -0.05) is 23.7 Å². The molecule has 1 aliphatic heterocycles. The first-order chi connectivity index (χ1) is 15.5. The smallest absolute Gasteiger partial charge is 0.410 e. The van der Waals surface area contributed by atoms with Crippen LogP contribution in [0.25, 0.3) is 16.9 Å². The summed E-state index contributed by atoms with van der Waals surface area (Å²) in [7, 11) is 3.02. The maximum absolute atomic E-state index is 13.1. The zero-order valence-corrected chi connectivity index (χ0v) is 20.1. The Labute approximate surface area is 195 Å². The van der Waals surface area contributed by atoms with E-state index < -0.39 is 16.9 Å². The number of carbonyl (C=O) groups is 1. The summed E-state index contributed by atoms with van der Waals surface area (Å²) in [6.45, 7) is 7.30. The molecule has 1 aromatic carbocycles. The molecule has 176 valence electrons. The molecule has 4 rings (SSSR count). The standard InChI is InChI=1S/C22H27ClN6O4/c1-22(2,3)33-21(32)28-12-10-27(11-13-28)19-24-17-16(18(30)26(5)20(31)25(17)4)29(19)15-9-7-6-8-14(15)23/h6-9H,10-13H2,1-5H3. The maximum atomic E-state index is 13.1. The molecule has 3 heterocycles. The van der Waals surface area contributed by atoms with Crippen molar-refractivity contribution in [2.45, 2.75) is 26.4 Å². The van der Waals surface area contributed by atoms with E-state index in [4.69, 9.17) is 21.3 Å². The lowest BCUT2D eigenvalue weighted by Gasteiger charge is -2.36. The molecule has 0 unspecified atom stereocenters. The van der Waals surface area contributed by atoms with Gasteiger partial charge in [-0.25, -0.2) is 9.59 Å². The number of piperazine rings is 1. The molecule has 0 saturated carbocycles. The van der Waals surface area contributed by atoms with Crippen molar-refractivity contribution >= 4 is 34.8 Å². The van der Waals surface area contributed by atoms with Crippen LogP contribution in [0.3, 0.4) is 0 Å². The first kappa shape index (κ1) is 22.9. The Hall–Kier alpha value is -3.27. The summed E-state index contributed by atoms with van der Waals surface area (Å²) in [6, 6.07) is 7.16. The average Bonchev–Trinajstić information content (AvgIpc) is 3.16. The number of nitrogens with zero attached hydrogens (tertiary/aromatic N) is 6. The Morgan fingerprint density at radius 2 is 1.67 bits per heavy atom. The van der Waals surface area contributed by atoms with E-state index in [0.717, 1.165) is 4.57 Å². The second kappa shape index (κ2) is 8.26. The third kappa shape index (κ3) is 4.10. The summed E-state index contributed by atoms with van der Waals surface area (Å²) in [4.78, 5) is 46.4. The number of aryl methyl sites for hydroxylation is 1. The highest BCUT2D eigenvalue weighted by molar-refractivity contribution is 6.32. The van der Waals surface area contributed by atoms with Crippen LogP contribution in [0.4, 0.5) is 10.7 Å². The summed E-state index contributed by atoms with van der Waals surface area (Å²) < 4.78 is 9.59. The largest absolute Gasteiger partial charge is 0.444 e. The van der Waals surface area contributed by atoms with Gasteiger partial charge in [-0.3, -0.25) is 18.5 Å². The Bertz CT molecular complexity index is 1340. The number of aromatic nitrogens is 4. The number of benzene rings is 1. The number of fused-ring (bicyclic) bond motifs is 1. The number of ether oxygens (including phenoxy) is 1. The maximum Gasteiger partial charge on any atom is 0.410 e. The third-order valence-electron chi connectivity index (χ3n) is 5.55. The molecule has 2 aromatic heterocycles. The SMILES string of the molecule is Cn1c(=O)c2c(nc(N3CCN(C(=O)OC(C)(C)C)CC3)n2-c2ccccc2Cl)n(C)c1=O. The molecular weight excluding hydrogens is 448 g/mol. The fourth-order valence-electron chi connectivity index (χ4n) is 3.87. The molecular formula is C22H27ClN6O4. The number of carbonyl (C=O) groups excluding carboxylic acids is 1. The van der Waals surface area contributed by atoms with Crippen molar-refractivity contribution in [3.8, 4) is 5.69 Å². The van der Waals surface area contributed by atoms with Crippen LogP contribution in [0.15, 0.2) is 33.9 Å². The Morgan fingerprint density at radius 3 is 2.27 bits per heavy atom. The van der Waals surface area contributed by atoms with Gasteiger partial charge in [-0.15, -0.1) is 0 Å². The highest BCUT2D eigenvalue weighted by atomic mass is 35.5. The molecule has 0 N–H and O–H groups in total. The Morgan fingerprint density at radius 1 is 1.03 bits per heavy atom. The summed E-state index contributed by atoms with van der Waals surface area (Å²) in [6.07, 6.45) is -0.363. The number of hydrogen-bond acceptors (Lipinski definition) is 6. The van der Waals surface area contributed by atoms with E-state index in [9.17, 15) is 14.4 Å². The lowest BCUT2D eigenvalue weighted by molar-refractivity contribution is 0.0240. The van der Waals surface area contributed by atoms with Gasteiger partial charge in [0.15, 0.2) is 11.2 Å². The fraction of sp³-hybridized carbons (Fsp3) is 0.455. The van der Waals surface area contributed by atoms with Gasteiger partial charge in [-0.2, -0.15) is 4.98 Å². The number of imidazole rings is 1. The molecule has 0 atom stereocenters. The van der Waals surface area contributed by atoms with Crippen molar-refractivity contribution in [2.24, 2.45) is 14.1 Å². The second-order valence-electron chi connectivity index (χ2n) is 9.03. The third-order valence-corrected chi connectivity index (χ3v) is 5.87. The van der Waals surface area contributed by atoms with Crippen molar-refractivity contribution in [1.82, 2.24) is 23.6 Å². The zero-order chi connectivity index (χ0) is 24.1. The molecule has 10 nitrogen and oxygen atoms in total. The van der Waals surface area contributed by atoms with Crippen LogP contribution in [0.2, 0.25) is 5.02 Å². The Kier molecular flexibility index (Phi) is 5.73. The zero-order valence-electron chi connectivity index (χ0n) is 19.3. The van der Waals surface area contributed by atoms with Crippen molar-refractivity contribution in [2.75, 3.05) is 31.1 Å². The van der Waals surface area contributed by atoms with Crippen LogP contribution in [-0.4, -0.2) is 61.5 Å². The fourth-order valence-corrected chi connectivity index (χ4v) is 4.09. The molecule has 3 aromatic rings. The quantitative estimate of drug-likeness (QED) is 0.564. The van der Waals surface area contributed by atoms with Gasteiger partial charge < -0.3 is 14.5 Å². The number of amides is 1. The van der Waals surface area contributed by atoms with Gasteiger partial charge in [0.2, 0.25) is 5.95 Å². The molecule has 1 aliphatic rings. The van der Waals surface area contributed by atoms with Crippen LogP contribution in [-0.2, 0) is 18.8 Å². The van der Waals surface area contributed by atoms with Crippen LogP contribution in [0.1, 0.15) is 20.8 Å². The van der Waals surface area contributed by atoms with E-state index in [1.165, 1.54) is 11.6 Å². The minimum atomic E-state index is -0.572. The lowest BCUT2D eigenvalue weighted by atomic mass is 10.2. The van der Waals surface area contributed by atoms with Gasteiger partial charge in [0.1, 0.15) is 5.60 Å².